The first-order valence-corrected chi connectivity index (χ1v) is 4.59. The van der Waals surface area contributed by atoms with Crippen LogP contribution in [0.25, 0.3) is 0 Å². The Hall–Kier alpha value is -0.520. The summed E-state index contributed by atoms with van der Waals surface area (Å²) in [4.78, 5) is 17.1. The van der Waals surface area contributed by atoms with Gasteiger partial charge in [-0.15, -0.1) is 11.8 Å². The zero-order chi connectivity index (χ0) is 8.97. The van der Waals surface area contributed by atoms with E-state index in [4.69, 9.17) is 16.7 Å². The van der Waals surface area contributed by atoms with Gasteiger partial charge in [0.15, 0.2) is 0 Å². The molecule has 0 unspecified atom stereocenters. The minimum Gasteiger partial charge on any atom is -0.396 e. The fraction of sp³-hybridized carbons (Fsp3) is 0.333. The number of aromatic nitrogens is 2. The van der Waals surface area contributed by atoms with Crippen molar-refractivity contribution in [1.82, 2.24) is 9.97 Å². The van der Waals surface area contributed by atoms with Gasteiger partial charge in [0.2, 0.25) is 0 Å². The maximum absolute atomic E-state index is 10.9. The quantitative estimate of drug-likeness (QED) is 0.559. The Labute approximate surface area is 78.0 Å². The van der Waals surface area contributed by atoms with Gasteiger partial charge in [0.1, 0.15) is 10.0 Å². The van der Waals surface area contributed by atoms with Gasteiger partial charge in [-0.05, 0) is 0 Å². The van der Waals surface area contributed by atoms with Crippen LogP contribution < -0.4 is 5.56 Å². The van der Waals surface area contributed by atoms with E-state index in [0.29, 0.717) is 10.8 Å². The van der Waals surface area contributed by atoms with Gasteiger partial charge < -0.3 is 10.1 Å². The number of H-pyrrole nitrogens is 1. The summed E-state index contributed by atoms with van der Waals surface area (Å²) in [5, 5.41) is 9.04. The van der Waals surface area contributed by atoms with Gasteiger partial charge in [-0.1, -0.05) is 11.6 Å². The molecule has 1 aromatic rings. The van der Waals surface area contributed by atoms with Crippen molar-refractivity contribution in [2.45, 2.75) is 5.03 Å². The number of nitrogens with one attached hydrogen (secondary N) is 1. The van der Waals surface area contributed by atoms with Crippen LogP contribution in [-0.2, 0) is 0 Å². The Balaban J connectivity index is 2.85. The number of halogens is 1. The number of hydrogen-bond donors (Lipinski definition) is 2. The highest BCUT2D eigenvalue weighted by atomic mass is 35.5. The molecule has 1 aromatic heterocycles. The highest BCUT2D eigenvalue weighted by Gasteiger charge is 2.04. The first-order chi connectivity index (χ1) is 5.75. The van der Waals surface area contributed by atoms with E-state index in [1.165, 1.54) is 18.1 Å². The largest absolute Gasteiger partial charge is 0.396 e. The molecule has 0 amide bonds. The molecule has 66 valence electrons. The first-order valence-electron chi connectivity index (χ1n) is 3.22. The van der Waals surface area contributed by atoms with Crippen LogP contribution in [0.15, 0.2) is 16.1 Å². The van der Waals surface area contributed by atoms with Crippen LogP contribution in [0.5, 0.6) is 0 Å². The summed E-state index contributed by atoms with van der Waals surface area (Å²) < 4.78 is 0. The normalized spacial score (nSPS) is 10.2. The van der Waals surface area contributed by atoms with E-state index in [1.807, 2.05) is 0 Å². The molecule has 1 heterocycles. The molecule has 12 heavy (non-hydrogen) atoms. The summed E-state index contributed by atoms with van der Waals surface area (Å²) in [5.74, 6) is 0.482. The zero-order valence-electron chi connectivity index (χ0n) is 6.08. The molecular formula is C6H7ClN2O2S. The molecule has 0 aliphatic heterocycles. The maximum atomic E-state index is 10.9. The van der Waals surface area contributed by atoms with E-state index >= 15 is 0 Å². The van der Waals surface area contributed by atoms with Crippen LogP contribution in [0.4, 0.5) is 0 Å². The topological polar surface area (TPSA) is 66.0 Å². The Morgan fingerprint density at radius 2 is 2.50 bits per heavy atom. The minimum atomic E-state index is -0.355. The Bertz CT molecular complexity index is 315. The molecule has 2 N–H and O–H groups in total. The third-order valence-corrected chi connectivity index (χ3v) is 2.53. The average molecular weight is 207 g/mol. The van der Waals surface area contributed by atoms with Gasteiger partial charge >= 0.3 is 0 Å². The minimum absolute atomic E-state index is 0.0372. The molecule has 0 spiro atoms. The van der Waals surface area contributed by atoms with Crippen molar-refractivity contribution in [2.24, 2.45) is 0 Å². The van der Waals surface area contributed by atoms with E-state index < -0.39 is 0 Å². The smallest absolute Gasteiger partial charge is 0.270 e. The molecule has 6 heteroatoms. The van der Waals surface area contributed by atoms with Crippen molar-refractivity contribution in [3.8, 4) is 0 Å². The van der Waals surface area contributed by atoms with Gasteiger partial charge in [-0.25, -0.2) is 4.98 Å². The fourth-order valence-electron chi connectivity index (χ4n) is 0.610. The van der Waals surface area contributed by atoms with Crippen LogP contribution in [0, 0.1) is 0 Å². The lowest BCUT2D eigenvalue weighted by Gasteiger charge is -1.98. The molecule has 4 nitrogen and oxygen atoms in total. The second-order valence-corrected chi connectivity index (χ2v) is 3.38. The van der Waals surface area contributed by atoms with Crippen LogP contribution in [-0.4, -0.2) is 27.4 Å². The first kappa shape index (κ1) is 9.57. The SMILES string of the molecule is O=c1[nH]cnc(SCCO)c1Cl. The zero-order valence-corrected chi connectivity index (χ0v) is 7.65. The van der Waals surface area contributed by atoms with Crippen molar-refractivity contribution in [3.05, 3.63) is 21.7 Å². The van der Waals surface area contributed by atoms with Crippen LogP contribution in [0.3, 0.4) is 0 Å². The van der Waals surface area contributed by atoms with Gasteiger partial charge in [-0.3, -0.25) is 4.79 Å². The van der Waals surface area contributed by atoms with Crippen molar-refractivity contribution in [3.63, 3.8) is 0 Å². The molecule has 0 aromatic carbocycles. The van der Waals surface area contributed by atoms with Crippen molar-refractivity contribution < 1.29 is 5.11 Å². The Morgan fingerprint density at radius 3 is 3.17 bits per heavy atom. The predicted molar refractivity (Wildman–Crippen MR) is 47.7 cm³/mol. The third-order valence-electron chi connectivity index (χ3n) is 1.09. The summed E-state index contributed by atoms with van der Waals surface area (Å²) in [6.45, 7) is 0.0372. The van der Waals surface area contributed by atoms with Crippen LogP contribution in [0.2, 0.25) is 5.02 Å². The predicted octanol–water partition coefficient (Wildman–Crippen LogP) is 0.508. The molecule has 0 fully saturated rings. The summed E-state index contributed by atoms with van der Waals surface area (Å²) in [7, 11) is 0. The van der Waals surface area contributed by atoms with Gasteiger partial charge in [-0.2, -0.15) is 0 Å². The number of hydrogen-bond acceptors (Lipinski definition) is 4. The molecule has 0 saturated heterocycles. The summed E-state index contributed by atoms with van der Waals surface area (Å²) in [6.07, 6.45) is 1.29. The van der Waals surface area contributed by atoms with Gasteiger partial charge in [0.25, 0.3) is 5.56 Å². The van der Waals surface area contributed by atoms with Crippen molar-refractivity contribution in [1.29, 1.82) is 0 Å². The number of thioether (sulfide) groups is 1. The van der Waals surface area contributed by atoms with E-state index in [2.05, 4.69) is 9.97 Å². The van der Waals surface area contributed by atoms with Gasteiger partial charge in [0.05, 0.1) is 12.9 Å². The van der Waals surface area contributed by atoms with E-state index in [-0.39, 0.29) is 17.2 Å². The lowest BCUT2D eigenvalue weighted by atomic mass is 10.6. The van der Waals surface area contributed by atoms with E-state index in [9.17, 15) is 4.79 Å². The van der Waals surface area contributed by atoms with E-state index in [0.717, 1.165) is 0 Å². The van der Waals surface area contributed by atoms with Crippen molar-refractivity contribution >= 4 is 23.4 Å². The number of aliphatic hydroxyl groups is 1. The molecule has 0 bridgehead atoms. The fourth-order valence-corrected chi connectivity index (χ4v) is 1.51. The van der Waals surface area contributed by atoms with E-state index in [1.54, 1.807) is 0 Å². The number of aromatic amines is 1. The van der Waals surface area contributed by atoms with Gasteiger partial charge in [0, 0.05) is 5.75 Å². The molecule has 0 aliphatic carbocycles. The van der Waals surface area contributed by atoms with Crippen molar-refractivity contribution in [2.75, 3.05) is 12.4 Å². The summed E-state index contributed by atoms with van der Waals surface area (Å²) in [6, 6.07) is 0. The Morgan fingerprint density at radius 1 is 1.75 bits per heavy atom. The standard InChI is InChI=1S/C6H7ClN2O2S/c7-4-5(11)8-3-9-6(4)12-2-1-10/h3,10H,1-2H2,(H,8,9,11). The molecule has 0 saturated carbocycles. The second-order valence-electron chi connectivity index (χ2n) is 1.92. The lowest BCUT2D eigenvalue weighted by molar-refractivity contribution is 0.322. The third kappa shape index (κ3) is 2.23. The highest BCUT2D eigenvalue weighted by Crippen LogP contribution is 2.19. The molecule has 0 radical (unpaired) electrons. The summed E-state index contributed by atoms with van der Waals surface area (Å²) >= 11 is 6.87. The van der Waals surface area contributed by atoms with Crippen LogP contribution in [0.1, 0.15) is 0 Å². The average Bonchev–Trinajstić information content (AvgIpc) is 2.08. The Kier molecular flexibility index (Phi) is 3.58. The molecular weight excluding hydrogens is 200 g/mol. The number of nitrogens with zero attached hydrogens (tertiary/aromatic N) is 1. The monoisotopic (exact) mass is 206 g/mol. The molecule has 0 atom stereocenters. The number of rotatable bonds is 3. The maximum Gasteiger partial charge on any atom is 0.270 e. The molecule has 0 aliphatic rings. The summed E-state index contributed by atoms with van der Waals surface area (Å²) in [5.41, 5.74) is -0.355. The lowest BCUT2D eigenvalue weighted by Crippen LogP contribution is -2.07. The van der Waals surface area contributed by atoms with Crippen LogP contribution >= 0.6 is 23.4 Å². The molecule has 1 rings (SSSR count). The highest BCUT2D eigenvalue weighted by molar-refractivity contribution is 7.99. The number of aliphatic hydroxyl groups excluding tert-OH is 1. The second kappa shape index (κ2) is 4.49.